The topological polar surface area (TPSA) is 93.3 Å². The molecule has 2 saturated heterocycles. The highest BCUT2D eigenvalue weighted by Gasteiger charge is 2.29. The van der Waals surface area contributed by atoms with E-state index in [0.717, 1.165) is 38.0 Å². The maximum atomic E-state index is 13.6. The zero-order chi connectivity index (χ0) is 24.0. The van der Waals surface area contributed by atoms with Crippen LogP contribution in [0.5, 0.6) is 0 Å². The number of carbonyl (C=O) groups is 2. The molecule has 1 aromatic carbocycles. The molecule has 0 aliphatic carbocycles. The summed E-state index contributed by atoms with van der Waals surface area (Å²) >= 11 is 0. The van der Waals surface area contributed by atoms with Crippen LogP contribution in [-0.2, 0) is 14.8 Å². The van der Waals surface area contributed by atoms with Crippen LogP contribution in [0.15, 0.2) is 23.1 Å². The monoisotopic (exact) mass is 479 g/mol. The van der Waals surface area contributed by atoms with Gasteiger partial charge in [-0.25, -0.2) is 12.7 Å². The Morgan fingerprint density at radius 3 is 2.27 bits per heavy atom. The molecule has 9 nitrogen and oxygen atoms in total. The van der Waals surface area contributed by atoms with Crippen LogP contribution in [0.4, 0.5) is 5.69 Å². The number of amides is 2. The fourth-order valence-corrected chi connectivity index (χ4v) is 5.20. The molecule has 1 N–H and O–H groups in total. The molecule has 0 radical (unpaired) electrons. The van der Waals surface area contributed by atoms with Crippen LogP contribution in [0.3, 0.4) is 0 Å². The van der Waals surface area contributed by atoms with E-state index < -0.39 is 10.0 Å². The number of sulfonamides is 1. The van der Waals surface area contributed by atoms with E-state index in [1.165, 1.54) is 30.9 Å². The van der Waals surface area contributed by atoms with Crippen LogP contribution in [0.25, 0.3) is 0 Å². The molecule has 3 rings (SSSR count). The molecule has 1 aromatic rings. The second-order valence-corrected chi connectivity index (χ2v) is 11.1. The summed E-state index contributed by atoms with van der Waals surface area (Å²) in [5, 5.41) is 2.89. The smallest absolute Gasteiger partial charge is 0.256 e. The molecule has 0 atom stereocenters. The van der Waals surface area contributed by atoms with E-state index in [9.17, 15) is 18.0 Å². The zero-order valence-corrected chi connectivity index (χ0v) is 20.9. The fraction of sp³-hybridized carbons (Fsp3) is 0.652. The van der Waals surface area contributed by atoms with Gasteiger partial charge in [0.05, 0.1) is 17.0 Å². The molecule has 0 unspecified atom stereocenters. The van der Waals surface area contributed by atoms with Gasteiger partial charge in [0.25, 0.3) is 5.91 Å². The van der Waals surface area contributed by atoms with Crippen LogP contribution < -0.4 is 10.2 Å². The van der Waals surface area contributed by atoms with Crippen molar-refractivity contribution in [1.82, 2.24) is 19.4 Å². The number of nitrogens with zero attached hydrogens (tertiary/aromatic N) is 4. The van der Waals surface area contributed by atoms with Gasteiger partial charge in [-0.15, -0.1) is 0 Å². The number of piperidine rings is 1. The Labute approximate surface area is 197 Å². The maximum Gasteiger partial charge on any atom is 0.256 e. The molecular formula is C23H37N5O4S. The number of anilines is 1. The van der Waals surface area contributed by atoms with E-state index in [1.54, 1.807) is 17.0 Å². The SMILES string of the molecule is CCCNC(=O)CN1CCN(C(=O)c2cc(S(=O)(=O)N(C)C)ccc2N2CCCCC2)CC1. The summed E-state index contributed by atoms with van der Waals surface area (Å²) in [6, 6.07) is 4.92. The molecule has 2 heterocycles. The minimum Gasteiger partial charge on any atom is -0.371 e. The number of piperazine rings is 1. The molecule has 0 aromatic heterocycles. The van der Waals surface area contributed by atoms with Crippen molar-refractivity contribution >= 4 is 27.5 Å². The minimum atomic E-state index is -3.65. The van der Waals surface area contributed by atoms with Gasteiger partial charge in [-0.3, -0.25) is 14.5 Å². The van der Waals surface area contributed by atoms with E-state index >= 15 is 0 Å². The van der Waals surface area contributed by atoms with E-state index in [0.29, 0.717) is 44.8 Å². The van der Waals surface area contributed by atoms with Gasteiger partial charge in [0.1, 0.15) is 0 Å². The molecule has 10 heteroatoms. The lowest BCUT2D eigenvalue weighted by Crippen LogP contribution is -2.51. The molecule has 2 amide bonds. The predicted molar refractivity (Wildman–Crippen MR) is 129 cm³/mol. The van der Waals surface area contributed by atoms with Crippen molar-refractivity contribution in [3.8, 4) is 0 Å². The summed E-state index contributed by atoms with van der Waals surface area (Å²) < 4.78 is 26.6. The van der Waals surface area contributed by atoms with Gasteiger partial charge in [-0.1, -0.05) is 6.92 Å². The average molecular weight is 480 g/mol. The lowest BCUT2D eigenvalue weighted by atomic mass is 10.1. The first-order chi connectivity index (χ1) is 15.7. The summed E-state index contributed by atoms with van der Waals surface area (Å²) in [4.78, 5) is 31.7. The van der Waals surface area contributed by atoms with Gasteiger partial charge in [0.15, 0.2) is 0 Å². The standard InChI is InChI=1S/C23H37N5O4S/c1-4-10-24-22(29)18-26-13-15-28(16-14-26)23(30)20-17-19(33(31,32)25(2)3)8-9-21(20)27-11-6-5-7-12-27/h8-9,17H,4-7,10-16,18H2,1-3H3,(H,24,29). The molecule has 2 aliphatic heterocycles. The Morgan fingerprint density at radius 1 is 1.00 bits per heavy atom. The maximum absolute atomic E-state index is 13.6. The Balaban J connectivity index is 1.78. The molecule has 0 spiro atoms. The molecule has 2 fully saturated rings. The third kappa shape index (κ3) is 6.24. The van der Waals surface area contributed by atoms with Gasteiger partial charge in [0, 0.05) is 65.6 Å². The lowest BCUT2D eigenvalue weighted by molar-refractivity contribution is -0.122. The van der Waals surface area contributed by atoms with Gasteiger partial charge in [-0.05, 0) is 43.9 Å². The van der Waals surface area contributed by atoms with Crippen molar-refractivity contribution in [1.29, 1.82) is 0 Å². The van der Waals surface area contributed by atoms with Crippen molar-refractivity contribution in [3.63, 3.8) is 0 Å². The molecular weight excluding hydrogens is 442 g/mol. The Morgan fingerprint density at radius 2 is 1.67 bits per heavy atom. The number of nitrogens with one attached hydrogen (secondary N) is 1. The van der Waals surface area contributed by atoms with Crippen LogP contribution in [0.2, 0.25) is 0 Å². The third-order valence-electron chi connectivity index (χ3n) is 6.27. The third-order valence-corrected chi connectivity index (χ3v) is 8.08. The summed E-state index contributed by atoms with van der Waals surface area (Å²) in [6.07, 6.45) is 4.19. The quantitative estimate of drug-likeness (QED) is 0.603. The summed E-state index contributed by atoms with van der Waals surface area (Å²) in [7, 11) is -0.667. The first-order valence-electron chi connectivity index (χ1n) is 11.8. The minimum absolute atomic E-state index is 0.00519. The molecule has 0 saturated carbocycles. The van der Waals surface area contributed by atoms with Crippen molar-refractivity contribution in [3.05, 3.63) is 23.8 Å². The number of rotatable bonds is 8. The van der Waals surface area contributed by atoms with Crippen LogP contribution in [0, 0.1) is 0 Å². The van der Waals surface area contributed by atoms with Crippen LogP contribution in [0.1, 0.15) is 43.0 Å². The number of hydrogen-bond donors (Lipinski definition) is 1. The number of benzene rings is 1. The Bertz CT molecular complexity index is 936. The lowest BCUT2D eigenvalue weighted by Gasteiger charge is -2.36. The second-order valence-electron chi connectivity index (χ2n) is 8.93. The van der Waals surface area contributed by atoms with E-state index in [2.05, 4.69) is 10.2 Å². The highest BCUT2D eigenvalue weighted by atomic mass is 32.2. The molecule has 0 bridgehead atoms. The molecule has 33 heavy (non-hydrogen) atoms. The molecule has 184 valence electrons. The van der Waals surface area contributed by atoms with Gasteiger partial charge >= 0.3 is 0 Å². The van der Waals surface area contributed by atoms with Gasteiger partial charge in [0.2, 0.25) is 15.9 Å². The molecule has 2 aliphatic rings. The van der Waals surface area contributed by atoms with E-state index in [-0.39, 0.29) is 16.7 Å². The Hall–Kier alpha value is -2.17. The summed E-state index contributed by atoms with van der Waals surface area (Å²) in [5.41, 5.74) is 1.24. The highest BCUT2D eigenvalue weighted by molar-refractivity contribution is 7.89. The van der Waals surface area contributed by atoms with E-state index in [1.807, 2.05) is 11.8 Å². The van der Waals surface area contributed by atoms with Crippen molar-refractivity contribution in [2.24, 2.45) is 0 Å². The first-order valence-corrected chi connectivity index (χ1v) is 13.3. The zero-order valence-electron chi connectivity index (χ0n) is 20.0. The predicted octanol–water partition coefficient (Wildman–Crippen LogP) is 1.21. The largest absolute Gasteiger partial charge is 0.371 e. The van der Waals surface area contributed by atoms with Crippen molar-refractivity contribution in [2.45, 2.75) is 37.5 Å². The highest BCUT2D eigenvalue weighted by Crippen LogP contribution is 2.29. The average Bonchev–Trinajstić information content (AvgIpc) is 2.82. The van der Waals surface area contributed by atoms with Crippen LogP contribution in [-0.4, -0.2) is 101 Å². The van der Waals surface area contributed by atoms with Crippen molar-refractivity contribution in [2.75, 3.05) is 71.4 Å². The normalized spacial score (nSPS) is 17.9. The summed E-state index contributed by atoms with van der Waals surface area (Å²) in [6.45, 7) is 6.97. The summed E-state index contributed by atoms with van der Waals surface area (Å²) in [5.74, 6) is -0.146. The van der Waals surface area contributed by atoms with Gasteiger partial charge in [-0.2, -0.15) is 0 Å². The van der Waals surface area contributed by atoms with Crippen LogP contribution >= 0.6 is 0 Å². The number of carbonyl (C=O) groups excluding carboxylic acids is 2. The van der Waals surface area contributed by atoms with Crippen molar-refractivity contribution < 1.29 is 18.0 Å². The number of hydrogen-bond acceptors (Lipinski definition) is 6. The van der Waals surface area contributed by atoms with Gasteiger partial charge < -0.3 is 15.1 Å². The van der Waals surface area contributed by atoms with E-state index in [4.69, 9.17) is 0 Å². The Kier molecular flexibility index (Phi) is 8.72. The first kappa shape index (κ1) is 25.5. The second kappa shape index (κ2) is 11.3. The fourth-order valence-electron chi connectivity index (χ4n) is 4.27.